The first kappa shape index (κ1) is 22.0. The standard InChI is InChI=1S/C16H36O4Si2/c1-15(2,3)21(7,8)19-12-13(18)14(11-17)20-22(9,10)16(4,5)6/h11,13-14,18H,12H2,1-10H3/t13-,14+/m0/s1. The number of aliphatic hydroxyl groups is 1. The van der Waals surface area contributed by atoms with Crippen molar-refractivity contribution in [2.75, 3.05) is 6.61 Å². The molecule has 0 amide bonds. The van der Waals surface area contributed by atoms with Gasteiger partial charge in [0.2, 0.25) is 0 Å². The highest BCUT2D eigenvalue weighted by atomic mass is 28.4. The van der Waals surface area contributed by atoms with Gasteiger partial charge in [0.25, 0.3) is 0 Å². The Morgan fingerprint density at radius 1 is 0.955 bits per heavy atom. The van der Waals surface area contributed by atoms with Gasteiger partial charge in [0.15, 0.2) is 16.6 Å². The van der Waals surface area contributed by atoms with Crippen LogP contribution in [0.25, 0.3) is 0 Å². The van der Waals surface area contributed by atoms with Crippen molar-refractivity contribution in [2.45, 2.75) is 90.0 Å². The van der Waals surface area contributed by atoms with Crippen LogP contribution in [0.4, 0.5) is 0 Å². The largest absolute Gasteiger partial charge is 0.414 e. The molecule has 0 rings (SSSR count). The molecule has 0 saturated carbocycles. The van der Waals surface area contributed by atoms with Crippen LogP contribution in [0.5, 0.6) is 0 Å². The molecule has 132 valence electrons. The van der Waals surface area contributed by atoms with E-state index < -0.39 is 28.8 Å². The summed E-state index contributed by atoms with van der Waals surface area (Å²) in [6.07, 6.45) is -1.02. The third-order valence-corrected chi connectivity index (χ3v) is 14.1. The summed E-state index contributed by atoms with van der Waals surface area (Å²) in [4.78, 5) is 11.4. The highest BCUT2D eigenvalue weighted by Gasteiger charge is 2.42. The summed E-state index contributed by atoms with van der Waals surface area (Å²) in [7, 11) is -4.04. The Hall–Kier alpha value is -0.0162. The molecule has 4 nitrogen and oxygen atoms in total. The molecule has 6 heteroatoms. The molecule has 0 saturated heterocycles. The Morgan fingerprint density at radius 2 is 1.36 bits per heavy atom. The number of hydrogen-bond acceptors (Lipinski definition) is 4. The summed E-state index contributed by atoms with van der Waals surface area (Å²) in [5.74, 6) is 0. The van der Waals surface area contributed by atoms with Crippen molar-refractivity contribution in [3.63, 3.8) is 0 Å². The summed E-state index contributed by atoms with van der Waals surface area (Å²) < 4.78 is 12.0. The SMILES string of the molecule is CC(C)(C)[Si](C)(C)OC[C@H](O)[C@@H](C=O)O[Si](C)(C)C(C)(C)C. The van der Waals surface area contributed by atoms with Gasteiger partial charge in [0.1, 0.15) is 18.5 Å². The van der Waals surface area contributed by atoms with E-state index in [2.05, 4.69) is 67.7 Å². The average Bonchev–Trinajstić information content (AvgIpc) is 2.30. The summed E-state index contributed by atoms with van der Waals surface area (Å²) in [5, 5.41) is 10.4. The molecule has 0 aliphatic heterocycles. The summed E-state index contributed by atoms with van der Waals surface area (Å²) >= 11 is 0. The Bertz CT molecular complexity index is 367. The molecule has 0 aliphatic rings. The smallest absolute Gasteiger partial charge is 0.193 e. The van der Waals surface area contributed by atoms with Crippen LogP contribution in [0.2, 0.25) is 36.3 Å². The van der Waals surface area contributed by atoms with Crippen LogP contribution in [0.1, 0.15) is 41.5 Å². The van der Waals surface area contributed by atoms with Gasteiger partial charge in [-0.3, -0.25) is 0 Å². The molecule has 22 heavy (non-hydrogen) atoms. The van der Waals surface area contributed by atoms with Crippen LogP contribution >= 0.6 is 0 Å². The fourth-order valence-corrected chi connectivity index (χ4v) is 3.59. The number of hydrogen-bond donors (Lipinski definition) is 1. The van der Waals surface area contributed by atoms with E-state index in [1.54, 1.807) is 0 Å². The van der Waals surface area contributed by atoms with Crippen LogP contribution in [0.15, 0.2) is 0 Å². The van der Waals surface area contributed by atoms with Crippen molar-refractivity contribution in [2.24, 2.45) is 0 Å². The van der Waals surface area contributed by atoms with Gasteiger partial charge in [-0.1, -0.05) is 41.5 Å². The Kier molecular flexibility index (Phi) is 7.25. The number of carbonyl (C=O) groups excluding carboxylic acids is 1. The molecule has 0 aromatic carbocycles. The molecule has 0 heterocycles. The quantitative estimate of drug-likeness (QED) is 0.559. The summed E-state index contributed by atoms with van der Waals surface area (Å²) in [6, 6.07) is 0. The zero-order chi connectivity index (χ0) is 18.0. The molecule has 0 unspecified atom stereocenters. The maximum Gasteiger partial charge on any atom is 0.193 e. The molecule has 0 spiro atoms. The van der Waals surface area contributed by atoms with Crippen molar-refractivity contribution >= 4 is 22.9 Å². The third-order valence-electron chi connectivity index (χ3n) is 5.17. The molecule has 0 aromatic rings. The molecule has 0 aliphatic carbocycles. The molecular weight excluding hydrogens is 312 g/mol. The van der Waals surface area contributed by atoms with Gasteiger partial charge in [-0.05, 0) is 36.3 Å². The van der Waals surface area contributed by atoms with Crippen molar-refractivity contribution < 1.29 is 18.8 Å². The Balaban J connectivity index is 4.83. The molecule has 0 radical (unpaired) electrons. The normalized spacial score (nSPS) is 17.2. The van der Waals surface area contributed by atoms with Crippen LogP contribution in [0, 0.1) is 0 Å². The van der Waals surface area contributed by atoms with Gasteiger partial charge >= 0.3 is 0 Å². The van der Waals surface area contributed by atoms with E-state index in [4.69, 9.17) is 8.85 Å². The number of carbonyl (C=O) groups is 1. The van der Waals surface area contributed by atoms with Gasteiger partial charge in [-0.25, -0.2) is 0 Å². The maximum absolute atomic E-state index is 11.4. The predicted octanol–water partition coefficient (Wildman–Crippen LogP) is 3.96. The lowest BCUT2D eigenvalue weighted by atomic mass is 10.2. The maximum atomic E-state index is 11.4. The topological polar surface area (TPSA) is 55.8 Å². The van der Waals surface area contributed by atoms with Crippen molar-refractivity contribution in [3.05, 3.63) is 0 Å². The highest BCUT2D eigenvalue weighted by Crippen LogP contribution is 2.38. The van der Waals surface area contributed by atoms with E-state index in [0.29, 0.717) is 6.29 Å². The molecule has 0 fully saturated rings. The zero-order valence-electron chi connectivity index (χ0n) is 16.1. The number of aldehydes is 1. The highest BCUT2D eigenvalue weighted by molar-refractivity contribution is 6.74. The van der Waals surface area contributed by atoms with E-state index in [0.717, 1.165) is 0 Å². The van der Waals surface area contributed by atoms with E-state index in [1.807, 2.05) is 0 Å². The lowest BCUT2D eigenvalue weighted by Crippen LogP contribution is -2.50. The van der Waals surface area contributed by atoms with Gasteiger partial charge in [0, 0.05) is 0 Å². The molecule has 2 atom stereocenters. The first-order valence-corrected chi connectivity index (χ1v) is 13.8. The van der Waals surface area contributed by atoms with Gasteiger partial charge in [-0.15, -0.1) is 0 Å². The fourth-order valence-electron chi connectivity index (χ4n) is 1.32. The lowest BCUT2D eigenvalue weighted by Gasteiger charge is -2.40. The van der Waals surface area contributed by atoms with Gasteiger partial charge < -0.3 is 18.8 Å². The zero-order valence-corrected chi connectivity index (χ0v) is 18.1. The van der Waals surface area contributed by atoms with E-state index in [1.165, 1.54) is 0 Å². The van der Waals surface area contributed by atoms with Crippen LogP contribution < -0.4 is 0 Å². The second kappa shape index (κ2) is 7.26. The summed E-state index contributed by atoms with van der Waals surface area (Å²) in [5.41, 5.74) is 0. The number of aliphatic hydroxyl groups excluding tert-OH is 1. The second-order valence-corrected chi connectivity index (χ2v) is 18.7. The first-order chi connectivity index (χ1) is 9.55. The monoisotopic (exact) mass is 348 g/mol. The molecule has 0 aromatic heterocycles. The van der Waals surface area contributed by atoms with E-state index in [-0.39, 0.29) is 16.7 Å². The fraction of sp³-hybridized carbons (Fsp3) is 0.938. The van der Waals surface area contributed by atoms with Crippen molar-refractivity contribution in [1.82, 2.24) is 0 Å². The average molecular weight is 349 g/mol. The van der Waals surface area contributed by atoms with Crippen LogP contribution in [0.3, 0.4) is 0 Å². The first-order valence-electron chi connectivity index (χ1n) is 8.00. The van der Waals surface area contributed by atoms with Crippen molar-refractivity contribution in [3.8, 4) is 0 Å². The summed E-state index contributed by atoms with van der Waals surface area (Å²) in [6.45, 7) is 21.3. The second-order valence-electron chi connectivity index (χ2n) is 9.12. The molecule has 1 N–H and O–H groups in total. The van der Waals surface area contributed by atoms with E-state index >= 15 is 0 Å². The van der Waals surface area contributed by atoms with Crippen molar-refractivity contribution in [1.29, 1.82) is 0 Å². The molecule has 0 bridgehead atoms. The van der Waals surface area contributed by atoms with Crippen LogP contribution in [-0.4, -0.2) is 46.8 Å². The van der Waals surface area contributed by atoms with Gasteiger partial charge in [-0.2, -0.15) is 0 Å². The Morgan fingerprint density at radius 3 is 1.68 bits per heavy atom. The molecular formula is C16H36O4Si2. The minimum atomic E-state index is -2.10. The third kappa shape index (κ3) is 5.88. The van der Waals surface area contributed by atoms with Crippen LogP contribution in [-0.2, 0) is 13.6 Å². The Labute approximate surface area is 138 Å². The van der Waals surface area contributed by atoms with E-state index in [9.17, 15) is 9.90 Å². The lowest BCUT2D eigenvalue weighted by molar-refractivity contribution is -0.120. The van der Waals surface area contributed by atoms with Gasteiger partial charge in [0.05, 0.1) is 6.61 Å². The predicted molar refractivity (Wildman–Crippen MR) is 97.3 cm³/mol. The minimum absolute atomic E-state index is 0.00569. The number of rotatable bonds is 7. The minimum Gasteiger partial charge on any atom is -0.414 e.